The first kappa shape index (κ1) is 13.9. The van der Waals surface area contributed by atoms with E-state index in [0.29, 0.717) is 5.56 Å². The Bertz CT molecular complexity index is 707. The predicted octanol–water partition coefficient (Wildman–Crippen LogP) is 1.28. The number of hydrogen-bond acceptors (Lipinski definition) is 4. The molecule has 0 aliphatic carbocycles. The van der Waals surface area contributed by atoms with Crippen molar-refractivity contribution in [3.8, 4) is 0 Å². The number of piperidine rings is 1. The van der Waals surface area contributed by atoms with Crippen LogP contribution in [0.15, 0.2) is 38.6 Å². The summed E-state index contributed by atoms with van der Waals surface area (Å²) < 4.78 is 7.03. The molecule has 6 heteroatoms. The van der Waals surface area contributed by atoms with Crippen LogP contribution >= 0.6 is 0 Å². The molecule has 0 atom stereocenters. The lowest BCUT2D eigenvalue weighted by Gasteiger charge is -2.32. The summed E-state index contributed by atoms with van der Waals surface area (Å²) in [6.07, 6.45) is 5.15. The van der Waals surface area contributed by atoms with Gasteiger partial charge in [0.2, 0.25) is 0 Å². The number of aromatic nitrogens is 2. The van der Waals surface area contributed by atoms with Crippen LogP contribution < -0.4 is 11.2 Å². The van der Waals surface area contributed by atoms with Gasteiger partial charge in [-0.2, -0.15) is 0 Å². The van der Waals surface area contributed by atoms with Crippen LogP contribution in [0.3, 0.4) is 0 Å². The first-order valence-corrected chi connectivity index (χ1v) is 7.20. The lowest BCUT2D eigenvalue weighted by Crippen LogP contribution is -2.39. The number of H-pyrrole nitrogens is 1. The van der Waals surface area contributed by atoms with Gasteiger partial charge in [0.25, 0.3) is 5.56 Å². The third-order valence-corrected chi connectivity index (χ3v) is 4.06. The quantitative estimate of drug-likeness (QED) is 0.924. The van der Waals surface area contributed by atoms with E-state index in [9.17, 15) is 9.59 Å². The number of rotatable bonds is 3. The van der Waals surface area contributed by atoms with Gasteiger partial charge in [-0.05, 0) is 31.9 Å². The zero-order chi connectivity index (χ0) is 14.8. The van der Waals surface area contributed by atoms with E-state index >= 15 is 0 Å². The van der Waals surface area contributed by atoms with Crippen LogP contribution in [0.25, 0.3) is 0 Å². The molecule has 0 spiro atoms. The number of aryl methyl sites for hydroxylation is 1. The maximum atomic E-state index is 11.9. The molecule has 2 aromatic heterocycles. The molecule has 1 saturated heterocycles. The molecule has 2 aromatic rings. The molecule has 0 bridgehead atoms. The Kier molecular flexibility index (Phi) is 3.79. The van der Waals surface area contributed by atoms with Crippen molar-refractivity contribution in [2.45, 2.75) is 32.4 Å². The fourth-order valence-electron chi connectivity index (χ4n) is 2.84. The van der Waals surface area contributed by atoms with Gasteiger partial charge in [-0.1, -0.05) is 0 Å². The highest BCUT2D eigenvalue weighted by Gasteiger charge is 2.22. The van der Waals surface area contributed by atoms with Crippen LogP contribution in [0.2, 0.25) is 0 Å². The molecular weight excluding hydrogens is 270 g/mol. The van der Waals surface area contributed by atoms with Gasteiger partial charge in [0.05, 0.1) is 12.8 Å². The van der Waals surface area contributed by atoms with Crippen molar-refractivity contribution < 1.29 is 4.42 Å². The summed E-state index contributed by atoms with van der Waals surface area (Å²) in [5, 5.41) is 0. The molecule has 1 aliphatic rings. The molecule has 3 rings (SSSR count). The second-order valence-corrected chi connectivity index (χ2v) is 5.57. The minimum atomic E-state index is -0.310. The number of aromatic amines is 1. The lowest BCUT2D eigenvalue weighted by molar-refractivity contribution is 0.166. The zero-order valence-electron chi connectivity index (χ0n) is 12.0. The van der Waals surface area contributed by atoms with Crippen molar-refractivity contribution >= 4 is 0 Å². The van der Waals surface area contributed by atoms with Crippen LogP contribution in [-0.2, 0) is 6.54 Å². The van der Waals surface area contributed by atoms with Gasteiger partial charge in [-0.25, -0.2) is 4.79 Å². The molecule has 0 aromatic carbocycles. The summed E-state index contributed by atoms with van der Waals surface area (Å²) >= 11 is 0. The lowest BCUT2D eigenvalue weighted by atomic mass is 10.0. The number of nitrogens with one attached hydrogen (secondary N) is 1. The van der Waals surface area contributed by atoms with Crippen molar-refractivity contribution in [1.82, 2.24) is 14.5 Å². The normalized spacial score (nSPS) is 17.2. The second-order valence-electron chi connectivity index (χ2n) is 5.57. The topological polar surface area (TPSA) is 71.2 Å². The first-order chi connectivity index (χ1) is 10.1. The van der Waals surface area contributed by atoms with E-state index in [2.05, 4.69) is 9.88 Å². The van der Waals surface area contributed by atoms with Gasteiger partial charge in [0.15, 0.2) is 0 Å². The molecule has 6 nitrogen and oxygen atoms in total. The van der Waals surface area contributed by atoms with Crippen LogP contribution in [-0.4, -0.2) is 27.5 Å². The highest BCUT2D eigenvalue weighted by molar-refractivity contribution is 5.02. The Morgan fingerprint density at radius 1 is 1.33 bits per heavy atom. The highest BCUT2D eigenvalue weighted by Crippen LogP contribution is 2.22. The summed E-state index contributed by atoms with van der Waals surface area (Å²) in [7, 11) is 0. The van der Waals surface area contributed by atoms with E-state index in [1.54, 1.807) is 24.0 Å². The van der Waals surface area contributed by atoms with E-state index in [1.165, 1.54) is 0 Å². The molecule has 21 heavy (non-hydrogen) atoms. The predicted molar refractivity (Wildman–Crippen MR) is 78.3 cm³/mol. The Labute approximate surface area is 122 Å². The molecule has 112 valence electrons. The Hall–Kier alpha value is -2.08. The van der Waals surface area contributed by atoms with E-state index in [0.717, 1.165) is 38.2 Å². The molecule has 0 saturated carbocycles. The van der Waals surface area contributed by atoms with Crippen molar-refractivity contribution in [3.63, 3.8) is 0 Å². The van der Waals surface area contributed by atoms with E-state index in [4.69, 9.17) is 4.42 Å². The fourth-order valence-corrected chi connectivity index (χ4v) is 2.84. The number of likely N-dealkylation sites (tertiary alicyclic amines) is 1. The molecule has 1 fully saturated rings. The largest absolute Gasteiger partial charge is 0.468 e. The van der Waals surface area contributed by atoms with Crippen LogP contribution in [0.4, 0.5) is 0 Å². The average molecular weight is 289 g/mol. The van der Waals surface area contributed by atoms with Crippen molar-refractivity contribution in [3.05, 3.63) is 56.8 Å². The summed E-state index contributed by atoms with van der Waals surface area (Å²) in [4.78, 5) is 28.0. The molecule has 0 radical (unpaired) electrons. The number of nitrogens with zero attached hydrogens (tertiary/aromatic N) is 2. The van der Waals surface area contributed by atoms with Gasteiger partial charge < -0.3 is 4.42 Å². The molecule has 1 N–H and O–H groups in total. The van der Waals surface area contributed by atoms with E-state index < -0.39 is 0 Å². The highest BCUT2D eigenvalue weighted by atomic mass is 16.3. The molecule has 1 aliphatic heterocycles. The second kappa shape index (κ2) is 5.73. The standard InChI is InChI=1S/C15H19N3O3/c1-11-9-18(15(20)16-14(11)19)12-4-6-17(7-5-12)10-13-3-2-8-21-13/h2-3,8-9,12H,4-7,10H2,1H3,(H,16,19,20). The Morgan fingerprint density at radius 2 is 2.10 bits per heavy atom. The fraction of sp³-hybridized carbons (Fsp3) is 0.467. The van der Waals surface area contributed by atoms with Crippen molar-refractivity contribution in [2.24, 2.45) is 0 Å². The summed E-state index contributed by atoms with van der Waals surface area (Å²) in [6, 6.07) is 4.02. The van der Waals surface area contributed by atoms with Crippen LogP contribution in [0.5, 0.6) is 0 Å². The SMILES string of the molecule is Cc1cn(C2CCN(Cc3ccco3)CC2)c(=O)[nH]c1=O. The van der Waals surface area contributed by atoms with Gasteiger partial charge in [-0.3, -0.25) is 19.2 Å². The van der Waals surface area contributed by atoms with Crippen molar-refractivity contribution in [2.75, 3.05) is 13.1 Å². The minimum Gasteiger partial charge on any atom is -0.468 e. The summed E-state index contributed by atoms with van der Waals surface area (Å²) in [5.41, 5.74) is -0.0331. The Morgan fingerprint density at radius 3 is 2.76 bits per heavy atom. The summed E-state index contributed by atoms with van der Waals surface area (Å²) in [5.74, 6) is 0.963. The van der Waals surface area contributed by atoms with Crippen LogP contribution in [0.1, 0.15) is 30.2 Å². The van der Waals surface area contributed by atoms with E-state index in [-0.39, 0.29) is 17.3 Å². The van der Waals surface area contributed by atoms with E-state index in [1.807, 2.05) is 12.1 Å². The smallest absolute Gasteiger partial charge is 0.328 e. The average Bonchev–Trinajstić information content (AvgIpc) is 2.97. The van der Waals surface area contributed by atoms with Gasteiger partial charge in [-0.15, -0.1) is 0 Å². The third-order valence-electron chi connectivity index (χ3n) is 4.06. The van der Waals surface area contributed by atoms with Crippen LogP contribution in [0, 0.1) is 6.92 Å². The monoisotopic (exact) mass is 289 g/mol. The van der Waals surface area contributed by atoms with Gasteiger partial charge >= 0.3 is 5.69 Å². The van der Waals surface area contributed by atoms with Crippen molar-refractivity contribution in [1.29, 1.82) is 0 Å². The van der Waals surface area contributed by atoms with Gasteiger partial charge in [0.1, 0.15) is 5.76 Å². The summed E-state index contributed by atoms with van der Waals surface area (Å²) in [6.45, 7) is 4.35. The zero-order valence-corrected chi connectivity index (χ0v) is 12.0. The maximum absolute atomic E-state index is 11.9. The molecular formula is C15H19N3O3. The third kappa shape index (κ3) is 3.00. The molecule has 0 amide bonds. The first-order valence-electron chi connectivity index (χ1n) is 7.20. The molecule has 3 heterocycles. The minimum absolute atomic E-state index is 0.154. The number of hydrogen-bond donors (Lipinski definition) is 1. The Balaban J connectivity index is 1.67. The maximum Gasteiger partial charge on any atom is 0.328 e. The van der Waals surface area contributed by atoms with Gasteiger partial charge in [0, 0.05) is 30.9 Å². The number of furan rings is 1. The molecule has 0 unspecified atom stereocenters.